The van der Waals surface area contributed by atoms with E-state index >= 15 is 0 Å². The fourth-order valence-corrected chi connectivity index (χ4v) is 2.42. The van der Waals surface area contributed by atoms with Crippen LogP contribution in [0.4, 0.5) is 5.69 Å². The summed E-state index contributed by atoms with van der Waals surface area (Å²) in [6, 6.07) is 6.69. The van der Waals surface area contributed by atoms with Gasteiger partial charge < -0.3 is 15.0 Å². The lowest BCUT2D eigenvalue weighted by Crippen LogP contribution is -2.30. The number of hydrogen-bond donors (Lipinski definition) is 1. The van der Waals surface area contributed by atoms with Crippen molar-refractivity contribution in [1.82, 2.24) is 5.32 Å². The van der Waals surface area contributed by atoms with E-state index in [4.69, 9.17) is 4.74 Å². The van der Waals surface area contributed by atoms with Crippen molar-refractivity contribution in [3.63, 3.8) is 0 Å². The third-order valence-corrected chi connectivity index (χ3v) is 3.16. The maximum Gasteiger partial charge on any atom is 0.0587 e. The Hall–Kier alpha value is -1.06. The van der Waals surface area contributed by atoms with Gasteiger partial charge in [0.15, 0.2) is 0 Å². The van der Waals surface area contributed by atoms with Gasteiger partial charge in [-0.15, -0.1) is 0 Å². The van der Waals surface area contributed by atoms with Crippen molar-refractivity contribution in [2.24, 2.45) is 5.41 Å². The molecule has 0 fully saturated rings. The van der Waals surface area contributed by atoms with Crippen molar-refractivity contribution in [3.8, 4) is 0 Å². The van der Waals surface area contributed by atoms with E-state index in [-0.39, 0.29) is 0 Å². The third kappa shape index (κ3) is 5.93. The predicted molar refractivity (Wildman–Crippen MR) is 87.5 cm³/mol. The number of rotatable bonds is 7. The van der Waals surface area contributed by atoms with Crippen molar-refractivity contribution < 1.29 is 4.74 Å². The summed E-state index contributed by atoms with van der Waals surface area (Å²) < 4.78 is 5.07. The first-order valence-electron chi connectivity index (χ1n) is 7.34. The highest BCUT2D eigenvalue weighted by molar-refractivity contribution is 5.54. The van der Waals surface area contributed by atoms with Crippen molar-refractivity contribution in [2.75, 3.05) is 38.8 Å². The number of nitrogens with one attached hydrogen (secondary N) is 1. The first-order valence-corrected chi connectivity index (χ1v) is 7.34. The predicted octanol–water partition coefficient (Wildman–Crippen LogP) is 3.21. The SMILES string of the molecule is COCCNCc1cc(C)ccc1N(C)CC(C)(C)C. The van der Waals surface area contributed by atoms with Crippen LogP contribution in [0.15, 0.2) is 18.2 Å². The highest BCUT2D eigenvalue weighted by atomic mass is 16.5. The van der Waals surface area contributed by atoms with Gasteiger partial charge in [0.05, 0.1) is 6.61 Å². The average Bonchev–Trinajstić information content (AvgIpc) is 2.32. The van der Waals surface area contributed by atoms with Crippen LogP contribution in [0.3, 0.4) is 0 Å². The summed E-state index contributed by atoms with van der Waals surface area (Å²) in [7, 11) is 3.91. The summed E-state index contributed by atoms with van der Waals surface area (Å²) in [5.74, 6) is 0. The summed E-state index contributed by atoms with van der Waals surface area (Å²) in [6.07, 6.45) is 0. The molecule has 0 amide bonds. The largest absolute Gasteiger partial charge is 0.383 e. The molecule has 3 heteroatoms. The Morgan fingerprint density at radius 3 is 2.55 bits per heavy atom. The van der Waals surface area contributed by atoms with E-state index in [9.17, 15) is 0 Å². The summed E-state index contributed by atoms with van der Waals surface area (Å²) in [5.41, 5.74) is 4.27. The van der Waals surface area contributed by atoms with Gasteiger partial charge in [0.25, 0.3) is 0 Å². The average molecular weight is 278 g/mol. The van der Waals surface area contributed by atoms with Gasteiger partial charge in [-0.25, -0.2) is 0 Å². The molecule has 0 spiro atoms. The smallest absolute Gasteiger partial charge is 0.0587 e. The molecule has 114 valence electrons. The van der Waals surface area contributed by atoms with Crippen molar-refractivity contribution in [3.05, 3.63) is 29.3 Å². The Kier molecular flexibility index (Phi) is 6.50. The van der Waals surface area contributed by atoms with Crippen LogP contribution in [0.25, 0.3) is 0 Å². The zero-order valence-corrected chi connectivity index (χ0v) is 13.9. The normalized spacial score (nSPS) is 11.7. The van der Waals surface area contributed by atoms with Gasteiger partial charge in [0.1, 0.15) is 0 Å². The topological polar surface area (TPSA) is 24.5 Å². The number of methoxy groups -OCH3 is 1. The van der Waals surface area contributed by atoms with Gasteiger partial charge in [-0.3, -0.25) is 0 Å². The Balaban J connectivity index is 2.78. The van der Waals surface area contributed by atoms with Crippen LogP contribution in [0.1, 0.15) is 31.9 Å². The van der Waals surface area contributed by atoms with Gasteiger partial charge >= 0.3 is 0 Å². The van der Waals surface area contributed by atoms with Gasteiger partial charge in [0.2, 0.25) is 0 Å². The van der Waals surface area contributed by atoms with Crippen LogP contribution < -0.4 is 10.2 Å². The van der Waals surface area contributed by atoms with Crippen LogP contribution in [0.2, 0.25) is 0 Å². The molecule has 0 aliphatic heterocycles. The third-order valence-electron chi connectivity index (χ3n) is 3.16. The summed E-state index contributed by atoms with van der Waals surface area (Å²) in [5, 5.41) is 3.44. The number of nitrogens with zero attached hydrogens (tertiary/aromatic N) is 1. The fourth-order valence-electron chi connectivity index (χ4n) is 2.42. The van der Waals surface area contributed by atoms with E-state index in [1.165, 1.54) is 16.8 Å². The minimum absolute atomic E-state index is 0.292. The number of aryl methyl sites for hydroxylation is 1. The molecule has 0 saturated carbocycles. The van der Waals surface area contributed by atoms with Crippen molar-refractivity contribution >= 4 is 5.69 Å². The lowest BCUT2D eigenvalue weighted by Gasteiger charge is -2.30. The Morgan fingerprint density at radius 2 is 1.95 bits per heavy atom. The quantitative estimate of drug-likeness (QED) is 0.775. The highest BCUT2D eigenvalue weighted by Crippen LogP contribution is 2.24. The molecule has 0 bridgehead atoms. The van der Waals surface area contributed by atoms with Crippen LogP contribution in [0, 0.1) is 12.3 Å². The zero-order valence-electron chi connectivity index (χ0n) is 13.9. The van der Waals surface area contributed by atoms with Gasteiger partial charge in [-0.1, -0.05) is 38.5 Å². The lowest BCUT2D eigenvalue weighted by atomic mass is 9.95. The summed E-state index contributed by atoms with van der Waals surface area (Å²) >= 11 is 0. The second-order valence-electron chi connectivity index (χ2n) is 6.72. The van der Waals surface area contributed by atoms with Crippen molar-refractivity contribution in [1.29, 1.82) is 0 Å². The molecule has 0 aromatic heterocycles. The summed E-state index contributed by atoms with van der Waals surface area (Å²) in [4.78, 5) is 2.35. The molecule has 0 aliphatic carbocycles. The van der Waals surface area contributed by atoms with Crippen molar-refractivity contribution in [2.45, 2.75) is 34.2 Å². The minimum atomic E-state index is 0.292. The van der Waals surface area contributed by atoms with Gasteiger partial charge in [-0.2, -0.15) is 0 Å². The molecule has 20 heavy (non-hydrogen) atoms. The van der Waals surface area contributed by atoms with E-state index < -0.39 is 0 Å². The standard InChI is InChI=1S/C17H30N2O/c1-14-7-8-16(19(5)13-17(2,3)4)15(11-14)12-18-9-10-20-6/h7-8,11,18H,9-10,12-13H2,1-6H3. The van der Waals surface area contributed by atoms with E-state index in [1.54, 1.807) is 7.11 Å². The molecule has 3 nitrogen and oxygen atoms in total. The highest BCUT2D eigenvalue weighted by Gasteiger charge is 2.16. The van der Waals surface area contributed by atoms with Crippen LogP contribution in [-0.2, 0) is 11.3 Å². The zero-order chi connectivity index (χ0) is 15.2. The van der Waals surface area contributed by atoms with Crippen LogP contribution in [-0.4, -0.2) is 33.9 Å². The number of ether oxygens (including phenoxy) is 1. The molecule has 0 atom stereocenters. The lowest BCUT2D eigenvalue weighted by molar-refractivity contribution is 0.199. The molecule has 0 aliphatic rings. The Bertz CT molecular complexity index is 410. The molecule has 0 saturated heterocycles. The molecule has 1 aromatic rings. The van der Waals surface area contributed by atoms with Crippen LogP contribution >= 0.6 is 0 Å². The summed E-state index contributed by atoms with van der Waals surface area (Å²) in [6.45, 7) is 12.5. The molecule has 0 radical (unpaired) electrons. The van der Waals surface area contributed by atoms with E-state index in [0.717, 1.165) is 26.2 Å². The number of anilines is 1. The first-order chi connectivity index (χ1) is 9.33. The Labute approximate surface area is 124 Å². The van der Waals surface area contributed by atoms with Gasteiger partial charge in [0, 0.05) is 39.5 Å². The molecule has 0 heterocycles. The molecular weight excluding hydrogens is 248 g/mol. The van der Waals surface area contributed by atoms with E-state index in [2.05, 4.69) is 63.2 Å². The van der Waals surface area contributed by atoms with Gasteiger partial charge in [-0.05, 0) is 24.0 Å². The second-order valence-corrected chi connectivity index (χ2v) is 6.72. The second kappa shape index (κ2) is 7.65. The monoisotopic (exact) mass is 278 g/mol. The molecule has 1 N–H and O–H groups in total. The fraction of sp³-hybridized carbons (Fsp3) is 0.647. The number of hydrogen-bond acceptors (Lipinski definition) is 3. The first kappa shape index (κ1) is 17.0. The maximum absolute atomic E-state index is 5.07. The molecule has 0 unspecified atom stereocenters. The van der Waals surface area contributed by atoms with E-state index in [0.29, 0.717) is 5.41 Å². The van der Waals surface area contributed by atoms with E-state index in [1.807, 2.05) is 0 Å². The molecule has 1 aromatic carbocycles. The Morgan fingerprint density at radius 1 is 1.25 bits per heavy atom. The maximum atomic E-state index is 5.07. The molecule has 1 rings (SSSR count). The minimum Gasteiger partial charge on any atom is -0.383 e. The van der Waals surface area contributed by atoms with Crippen LogP contribution in [0.5, 0.6) is 0 Å². The molecular formula is C17H30N2O. The number of benzene rings is 1.